The van der Waals surface area contributed by atoms with E-state index in [0.29, 0.717) is 37.9 Å². The van der Waals surface area contributed by atoms with Crippen molar-refractivity contribution in [1.29, 1.82) is 0 Å². The smallest absolute Gasteiger partial charge is 0.475 e. The molecular weight excluding hydrogens is 577 g/mol. The summed E-state index contributed by atoms with van der Waals surface area (Å²) >= 11 is 1.64. The summed E-state index contributed by atoms with van der Waals surface area (Å²) in [4.78, 5) is 44.2. The molecule has 0 saturated carbocycles. The number of amides is 2. The molecule has 0 fully saturated rings. The minimum Gasteiger partial charge on any atom is -0.475 e. The molecule has 0 spiro atoms. The van der Waals surface area contributed by atoms with Crippen molar-refractivity contribution in [3.8, 4) is 0 Å². The minimum absolute atomic E-state index is 0.107. The summed E-state index contributed by atoms with van der Waals surface area (Å²) in [6.07, 6.45) is 0.200. The maximum absolute atomic E-state index is 12.8. The predicted molar refractivity (Wildman–Crippen MR) is 150 cm³/mol. The highest BCUT2D eigenvalue weighted by Crippen LogP contribution is 2.22. The summed E-state index contributed by atoms with van der Waals surface area (Å²) in [5.74, 6) is -3.24. The van der Waals surface area contributed by atoms with E-state index in [2.05, 4.69) is 20.6 Å². The van der Waals surface area contributed by atoms with E-state index in [-0.39, 0.29) is 17.5 Å². The van der Waals surface area contributed by atoms with Gasteiger partial charge in [0.1, 0.15) is 12.3 Å². The molecule has 3 heterocycles. The molecule has 0 radical (unpaired) electrons. The van der Waals surface area contributed by atoms with Gasteiger partial charge in [-0.25, -0.2) is 9.78 Å². The fourth-order valence-corrected chi connectivity index (χ4v) is 4.36. The van der Waals surface area contributed by atoms with Gasteiger partial charge in [-0.1, -0.05) is 24.3 Å². The number of oxazole rings is 1. The highest BCUT2D eigenvalue weighted by atomic mass is 32.1. The number of fused-ring (bicyclic) bond motifs is 1. The fraction of sp³-hybridized carbons (Fsp3) is 0.296. The van der Waals surface area contributed by atoms with E-state index >= 15 is 0 Å². The van der Waals surface area contributed by atoms with Gasteiger partial charge in [-0.15, -0.1) is 11.3 Å². The number of aryl methyl sites for hydroxylation is 1. The third-order valence-corrected chi connectivity index (χ3v) is 6.71. The Morgan fingerprint density at radius 2 is 1.86 bits per heavy atom. The molecule has 7 N–H and O–H groups in total. The van der Waals surface area contributed by atoms with Gasteiger partial charge in [-0.05, 0) is 55.8 Å². The molecule has 1 aromatic carbocycles. The normalized spacial score (nSPS) is 12.6. The van der Waals surface area contributed by atoms with Gasteiger partial charge in [-0.3, -0.25) is 14.6 Å². The highest BCUT2D eigenvalue weighted by Gasteiger charge is 2.38. The van der Waals surface area contributed by atoms with Crippen LogP contribution in [0.2, 0.25) is 0 Å². The number of pyridine rings is 1. The number of carbonyl (C=O) groups is 3. The van der Waals surface area contributed by atoms with E-state index in [1.807, 2.05) is 47.8 Å². The molecule has 0 aliphatic rings. The minimum atomic E-state index is -5.08. The molecule has 2 amide bonds. The molecule has 4 aromatic rings. The Morgan fingerprint density at radius 1 is 1.12 bits per heavy atom. The van der Waals surface area contributed by atoms with Crippen LogP contribution in [0.1, 0.15) is 46.6 Å². The van der Waals surface area contributed by atoms with Crippen LogP contribution in [-0.4, -0.2) is 51.6 Å². The zero-order valence-electron chi connectivity index (χ0n) is 22.1. The topological polar surface area (TPSA) is 186 Å². The van der Waals surface area contributed by atoms with E-state index in [0.717, 1.165) is 10.9 Å². The number of hydrogen-bond acceptors (Lipinski definition) is 9. The van der Waals surface area contributed by atoms with Crippen molar-refractivity contribution in [2.75, 3.05) is 11.9 Å². The monoisotopic (exact) mass is 606 g/mol. The maximum Gasteiger partial charge on any atom is 0.490 e. The van der Waals surface area contributed by atoms with Crippen LogP contribution in [0.5, 0.6) is 0 Å². The first-order chi connectivity index (χ1) is 20.0. The molecule has 224 valence electrons. The number of aromatic nitrogens is 2. The Kier molecular flexibility index (Phi) is 11.5. The summed E-state index contributed by atoms with van der Waals surface area (Å²) in [5.41, 5.74) is 13.0. The summed E-state index contributed by atoms with van der Waals surface area (Å²) in [7, 11) is 0. The van der Waals surface area contributed by atoms with Gasteiger partial charge < -0.3 is 31.6 Å². The van der Waals surface area contributed by atoms with Crippen molar-refractivity contribution >= 4 is 45.7 Å². The number of hydrogen-bond donors (Lipinski definition) is 5. The number of halogens is 3. The SMILES string of the molecule is NCCC[C@@H](N)C(=O)N[C@H](CCc1cccs1)c1nc(C(=O)Nc2cnc3ccccc3c2)co1.O=C(O)C(F)(F)F. The highest BCUT2D eigenvalue weighted by molar-refractivity contribution is 7.09. The molecule has 15 heteroatoms. The standard InChI is InChI=1S/C25H28N6O3S.C2HF3O2/c26-11-3-7-19(27)23(32)30-21(10-9-18-6-4-12-35-18)25-31-22(15-34-25)24(33)29-17-13-16-5-1-2-8-20(16)28-14-17;3-2(4,5)1(6)7/h1-2,4-6,8,12-15,19,21H,3,7,9-11,26-27H2,(H,29,33)(H,30,32);(H,6,7)/t19-,21-;/m1./s1. The molecule has 4 rings (SSSR count). The first-order valence-electron chi connectivity index (χ1n) is 12.7. The van der Waals surface area contributed by atoms with E-state index < -0.39 is 30.1 Å². The summed E-state index contributed by atoms with van der Waals surface area (Å²) in [5, 5.41) is 15.8. The van der Waals surface area contributed by atoms with Gasteiger partial charge >= 0.3 is 12.1 Å². The van der Waals surface area contributed by atoms with E-state index in [1.54, 1.807) is 17.5 Å². The Morgan fingerprint density at radius 3 is 2.52 bits per heavy atom. The number of aliphatic carboxylic acids is 1. The lowest BCUT2D eigenvalue weighted by Gasteiger charge is -2.18. The predicted octanol–water partition coefficient (Wildman–Crippen LogP) is 4.03. The van der Waals surface area contributed by atoms with E-state index in [9.17, 15) is 22.8 Å². The van der Waals surface area contributed by atoms with Crippen molar-refractivity contribution in [1.82, 2.24) is 15.3 Å². The number of anilines is 1. The number of thiophene rings is 1. The van der Waals surface area contributed by atoms with Gasteiger partial charge in [-0.2, -0.15) is 13.2 Å². The Hall–Kier alpha value is -4.34. The van der Waals surface area contributed by atoms with Gasteiger partial charge in [0.2, 0.25) is 11.8 Å². The molecule has 0 aliphatic heterocycles. The Balaban J connectivity index is 0.000000616. The first-order valence-corrected chi connectivity index (χ1v) is 13.6. The zero-order valence-corrected chi connectivity index (χ0v) is 23.0. The summed E-state index contributed by atoms with van der Waals surface area (Å²) in [6.45, 7) is 0.466. The number of carbonyl (C=O) groups excluding carboxylic acids is 2. The van der Waals surface area contributed by atoms with Crippen molar-refractivity contribution in [2.45, 2.75) is 43.9 Å². The number of carboxylic acid groups (broad SMARTS) is 1. The number of alkyl halides is 3. The zero-order chi connectivity index (χ0) is 30.7. The first kappa shape index (κ1) is 32.2. The molecule has 0 bridgehead atoms. The Bertz CT molecular complexity index is 1480. The number of para-hydroxylation sites is 1. The number of benzene rings is 1. The molecule has 42 heavy (non-hydrogen) atoms. The third-order valence-electron chi connectivity index (χ3n) is 5.78. The largest absolute Gasteiger partial charge is 0.490 e. The van der Waals surface area contributed by atoms with Crippen LogP contribution < -0.4 is 22.1 Å². The molecule has 11 nitrogen and oxygen atoms in total. The Labute approximate surface area is 242 Å². The fourth-order valence-electron chi connectivity index (χ4n) is 3.63. The van der Waals surface area contributed by atoms with Crippen LogP contribution in [0.3, 0.4) is 0 Å². The quantitative estimate of drug-likeness (QED) is 0.168. The number of carboxylic acids is 1. The van der Waals surface area contributed by atoms with E-state index in [1.165, 1.54) is 11.1 Å². The number of nitrogens with zero attached hydrogens (tertiary/aromatic N) is 2. The van der Waals surface area contributed by atoms with Crippen molar-refractivity contribution in [3.63, 3.8) is 0 Å². The van der Waals surface area contributed by atoms with E-state index in [4.69, 9.17) is 25.8 Å². The van der Waals surface area contributed by atoms with Gasteiger partial charge in [0.15, 0.2) is 5.69 Å². The molecular formula is C27H29F3N6O5S. The average molecular weight is 607 g/mol. The van der Waals surface area contributed by atoms with Crippen LogP contribution >= 0.6 is 11.3 Å². The molecule has 0 aliphatic carbocycles. The van der Waals surface area contributed by atoms with Gasteiger partial charge in [0, 0.05) is 10.3 Å². The number of nitrogens with two attached hydrogens (primary N) is 2. The molecule has 0 unspecified atom stereocenters. The second-order valence-electron chi connectivity index (χ2n) is 8.96. The van der Waals surface area contributed by atoms with Crippen LogP contribution in [0, 0.1) is 0 Å². The lowest BCUT2D eigenvalue weighted by Crippen LogP contribution is -2.42. The van der Waals surface area contributed by atoms with Crippen molar-refractivity contribution in [3.05, 3.63) is 76.8 Å². The average Bonchev–Trinajstić information content (AvgIpc) is 3.66. The van der Waals surface area contributed by atoms with Gasteiger partial charge in [0.25, 0.3) is 5.91 Å². The van der Waals surface area contributed by atoms with Crippen LogP contribution in [0.4, 0.5) is 18.9 Å². The van der Waals surface area contributed by atoms with Crippen LogP contribution in [0.15, 0.2) is 64.7 Å². The van der Waals surface area contributed by atoms with Crippen molar-refractivity contribution < 1.29 is 37.1 Å². The molecule has 0 saturated heterocycles. The lowest BCUT2D eigenvalue weighted by molar-refractivity contribution is -0.192. The van der Waals surface area contributed by atoms with Gasteiger partial charge in [0.05, 0.1) is 23.4 Å². The summed E-state index contributed by atoms with van der Waals surface area (Å²) in [6, 6.07) is 12.3. The number of nitrogens with one attached hydrogen (secondary N) is 2. The third kappa shape index (κ3) is 9.64. The second-order valence-corrected chi connectivity index (χ2v) is 9.99. The maximum atomic E-state index is 12.8. The second kappa shape index (κ2) is 15.0. The van der Waals surface area contributed by atoms with Crippen LogP contribution in [0.25, 0.3) is 10.9 Å². The van der Waals surface area contributed by atoms with Crippen LogP contribution in [-0.2, 0) is 16.0 Å². The molecule has 2 atom stereocenters. The number of rotatable bonds is 11. The summed E-state index contributed by atoms with van der Waals surface area (Å²) < 4.78 is 37.4. The van der Waals surface area contributed by atoms with Crippen molar-refractivity contribution in [2.24, 2.45) is 11.5 Å². The molecule has 3 aromatic heterocycles. The lowest BCUT2D eigenvalue weighted by atomic mass is 10.1.